The molecule has 0 heterocycles. The molecule has 0 aliphatic rings. The van der Waals surface area contributed by atoms with Crippen molar-refractivity contribution in [2.24, 2.45) is 0 Å². The van der Waals surface area contributed by atoms with Gasteiger partial charge in [0, 0.05) is 11.1 Å². The molecule has 0 saturated carbocycles. The van der Waals surface area contributed by atoms with Crippen LogP contribution in [0.4, 0.5) is 78.6 Å². The third-order valence-electron chi connectivity index (χ3n) is 4.03. The van der Waals surface area contributed by atoms with Crippen molar-refractivity contribution in [1.29, 1.82) is 0 Å². The van der Waals surface area contributed by atoms with E-state index in [-0.39, 0.29) is 36.4 Å². The van der Waals surface area contributed by atoms with Crippen LogP contribution in [-0.4, -0.2) is 14.0 Å². The normalized spacial score (nSPS) is 13.8. The van der Waals surface area contributed by atoms with Crippen LogP contribution < -0.4 is 10.9 Å². The molecule has 0 aromatic heterocycles. The second-order valence-electron chi connectivity index (χ2n) is 6.75. The van der Waals surface area contributed by atoms with Crippen LogP contribution in [0.15, 0.2) is 36.4 Å². The summed E-state index contributed by atoms with van der Waals surface area (Å²) < 4.78 is 221. The lowest BCUT2D eigenvalue weighted by Crippen LogP contribution is -2.44. The maximum Gasteiger partial charge on any atom is 0.510 e. The van der Waals surface area contributed by atoms with Crippen LogP contribution in [0, 0.1) is 0 Å². The summed E-state index contributed by atoms with van der Waals surface area (Å²) in [5.41, 5.74) is -13.2. The summed E-state index contributed by atoms with van der Waals surface area (Å²) in [6.07, 6.45) is -21.6. The van der Waals surface area contributed by atoms with Gasteiger partial charge in [-0.05, 0) is 6.07 Å². The van der Waals surface area contributed by atoms with Crippen LogP contribution in [0.2, 0.25) is 0 Å². The van der Waals surface area contributed by atoms with Crippen molar-refractivity contribution in [3.8, 4) is 0 Å². The van der Waals surface area contributed by atoms with E-state index < -0.39 is 71.8 Å². The first-order chi connectivity index (χ1) is 15.7. The maximum absolute atomic E-state index is 12.4. The Morgan fingerprint density at radius 1 is 0.444 bits per heavy atom. The Labute approximate surface area is 188 Å². The Bertz CT molecular complexity index is 938. The molecule has 0 aliphatic carbocycles. The highest BCUT2D eigenvalue weighted by Crippen LogP contribution is 2.37. The zero-order chi connectivity index (χ0) is 28.7. The highest BCUT2D eigenvalue weighted by molar-refractivity contribution is 6.74. The molecule has 0 bridgehead atoms. The Morgan fingerprint density at radius 2 is 0.778 bits per heavy atom. The summed E-state index contributed by atoms with van der Waals surface area (Å²) in [4.78, 5) is 0. The molecular formula is C16H6B2F18-2. The van der Waals surface area contributed by atoms with E-state index in [0.29, 0.717) is 0 Å². The summed E-state index contributed by atoms with van der Waals surface area (Å²) in [6, 6.07) is -0.799. The number of alkyl halides is 12. The van der Waals surface area contributed by atoms with E-state index in [9.17, 15) is 78.6 Å². The topological polar surface area (TPSA) is 0 Å². The molecule has 0 N–H and O–H groups in total. The van der Waals surface area contributed by atoms with Crippen molar-refractivity contribution in [1.82, 2.24) is 0 Å². The van der Waals surface area contributed by atoms with Crippen molar-refractivity contribution in [2.75, 3.05) is 0 Å². The molecule has 2 rings (SSSR count). The molecule has 2 aromatic carbocycles. The van der Waals surface area contributed by atoms with Gasteiger partial charge in [-0.3, -0.25) is 0 Å². The molecule has 0 spiro atoms. The second-order valence-corrected chi connectivity index (χ2v) is 6.75. The van der Waals surface area contributed by atoms with E-state index in [1.165, 1.54) is 0 Å². The fourth-order valence-corrected chi connectivity index (χ4v) is 2.58. The number of hydrogen-bond acceptors (Lipinski definition) is 0. The molecule has 0 amide bonds. The lowest BCUT2D eigenvalue weighted by atomic mass is 9.73. The smallest absolute Gasteiger partial charge is 0.445 e. The van der Waals surface area contributed by atoms with Gasteiger partial charge in [-0.1, -0.05) is 35.8 Å². The zero-order valence-electron chi connectivity index (χ0n) is 16.4. The Kier molecular flexibility index (Phi) is 8.40. The summed E-state index contributed by atoms with van der Waals surface area (Å²) in [5.74, 6) is 0. The first-order valence-electron chi connectivity index (χ1n) is 8.63. The van der Waals surface area contributed by atoms with Gasteiger partial charge >= 0.3 is 38.7 Å². The molecule has 0 fully saturated rings. The lowest BCUT2D eigenvalue weighted by Gasteiger charge is -2.25. The van der Waals surface area contributed by atoms with Gasteiger partial charge < -0.3 is 25.9 Å². The molecule has 0 saturated heterocycles. The van der Waals surface area contributed by atoms with Crippen molar-refractivity contribution in [3.63, 3.8) is 0 Å². The van der Waals surface area contributed by atoms with Crippen molar-refractivity contribution < 1.29 is 78.6 Å². The highest BCUT2D eigenvalue weighted by Gasteiger charge is 2.46. The predicted octanol–water partition coefficient (Wildman–Crippen LogP) is 7.56. The zero-order valence-corrected chi connectivity index (χ0v) is 16.4. The minimum atomic E-state index is -6.44. The number of rotatable bonds is 2. The first kappa shape index (κ1) is 31.3. The van der Waals surface area contributed by atoms with E-state index in [1.807, 2.05) is 0 Å². The Hall–Kier alpha value is -2.69. The van der Waals surface area contributed by atoms with Crippen LogP contribution in [0.25, 0.3) is 0 Å². The van der Waals surface area contributed by atoms with Crippen molar-refractivity contribution in [2.45, 2.75) is 24.7 Å². The molecular weight excluding hydrogens is 556 g/mol. The van der Waals surface area contributed by atoms with Crippen LogP contribution in [-0.2, 0) is 24.7 Å². The van der Waals surface area contributed by atoms with Gasteiger partial charge in [-0.15, -0.1) is 5.46 Å². The standard InChI is InChI=1S/2C8H3BF9/c10-7(11,12)4-1-5(8(13,14)15)3-6(2-4)9(16,17)18;10-7(11,12)4-2-1-3-5(8(13,14)15)6(4)9(16,17)18/h2*1-3H/q2*-1. The molecule has 0 radical (unpaired) electrons. The minimum absolute atomic E-state index is 0.0280. The molecule has 0 atom stereocenters. The fraction of sp³-hybridized carbons (Fsp3) is 0.250. The monoisotopic (exact) mass is 562 g/mol. The molecule has 204 valence electrons. The lowest BCUT2D eigenvalue weighted by molar-refractivity contribution is -0.144. The van der Waals surface area contributed by atoms with E-state index >= 15 is 0 Å². The Morgan fingerprint density at radius 3 is 1.00 bits per heavy atom. The summed E-state index contributed by atoms with van der Waals surface area (Å²) in [7, 11) is 0. The van der Waals surface area contributed by atoms with E-state index in [4.69, 9.17) is 0 Å². The third-order valence-corrected chi connectivity index (χ3v) is 4.03. The van der Waals surface area contributed by atoms with Gasteiger partial charge in [0.1, 0.15) is 0 Å². The maximum atomic E-state index is 12.4. The Balaban J connectivity index is 0.000000360. The summed E-state index contributed by atoms with van der Waals surface area (Å²) >= 11 is 0. The van der Waals surface area contributed by atoms with Crippen LogP contribution >= 0.6 is 0 Å². The second kappa shape index (κ2) is 9.64. The quantitative estimate of drug-likeness (QED) is 0.262. The van der Waals surface area contributed by atoms with Gasteiger partial charge in [-0.2, -0.15) is 52.7 Å². The van der Waals surface area contributed by atoms with E-state index in [0.717, 1.165) is 0 Å². The molecule has 36 heavy (non-hydrogen) atoms. The van der Waals surface area contributed by atoms with Gasteiger partial charge in [-0.25, -0.2) is 0 Å². The van der Waals surface area contributed by atoms with Gasteiger partial charge in [0.2, 0.25) is 0 Å². The van der Waals surface area contributed by atoms with Crippen molar-refractivity contribution >= 4 is 24.9 Å². The molecule has 20 heteroatoms. The number of hydrogen-bond donors (Lipinski definition) is 0. The van der Waals surface area contributed by atoms with Gasteiger partial charge in [0.25, 0.3) is 0 Å². The SMILES string of the molecule is F[B-](F)(F)c1c(C(F)(F)F)cccc1C(F)(F)F.F[B-](F)(F)c1cc(C(F)(F)F)cc(C(F)(F)F)c1. The van der Waals surface area contributed by atoms with Crippen LogP contribution in [0.3, 0.4) is 0 Å². The minimum Gasteiger partial charge on any atom is -0.445 e. The van der Waals surface area contributed by atoms with Crippen molar-refractivity contribution in [3.05, 3.63) is 58.7 Å². The average Bonchev–Trinajstić information content (AvgIpc) is 2.63. The van der Waals surface area contributed by atoms with Crippen LogP contribution in [0.5, 0.6) is 0 Å². The largest absolute Gasteiger partial charge is 0.510 e. The van der Waals surface area contributed by atoms with Crippen LogP contribution in [0.1, 0.15) is 22.3 Å². The first-order valence-corrected chi connectivity index (χ1v) is 8.63. The third kappa shape index (κ3) is 8.18. The molecule has 0 nitrogen and oxygen atoms in total. The van der Waals surface area contributed by atoms with E-state index in [1.54, 1.807) is 0 Å². The molecule has 0 unspecified atom stereocenters. The summed E-state index contributed by atoms with van der Waals surface area (Å²) in [5, 5.41) is 0. The summed E-state index contributed by atoms with van der Waals surface area (Å²) in [6.45, 7) is -12.4. The average molecular weight is 562 g/mol. The number of benzene rings is 2. The number of halogens is 18. The molecule has 2 aromatic rings. The van der Waals surface area contributed by atoms with Gasteiger partial charge in [0.15, 0.2) is 0 Å². The van der Waals surface area contributed by atoms with Gasteiger partial charge in [0.05, 0.1) is 11.1 Å². The highest BCUT2D eigenvalue weighted by atomic mass is 19.4. The fourth-order valence-electron chi connectivity index (χ4n) is 2.58. The molecule has 0 aliphatic heterocycles. The predicted molar refractivity (Wildman–Crippen MR) is 90.3 cm³/mol. The van der Waals surface area contributed by atoms with E-state index in [2.05, 4.69) is 0 Å².